The van der Waals surface area contributed by atoms with Crippen molar-refractivity contribution >= 4 is 5.97 Å². The van der Waals surface area contributed by atoms with Gasteiger partial charge in [-0.2, -0.15) is 0 Å². The standard InChI is InChI=1S/C18H35NO3/c1-4-7-8-9-10-13-19(16-17(20)11-5-2)14-15-22-18(21)12-6-3/h6,12,17,20H,4-5,7-11,13-16H2,1-3H3/b12-6+. The van der Waals surface area contributed by atoms with Gasteiger partial charge in [-0.3, -0.25) is 4.90 Å². The van der Waals surface area contributed by atoms with Crippen LogP contribution in [0.15, 0.2) is 12.2 Å². The lowest BCUT2D eigenvalue weighted by molar-refractivity contribution is -0.138. The van der Waals surface area contributed by atoms with E-state index in [4.69, 9.17) is 4.74 Å². The third-order valence-corrected chi connectivity index (χ3v) is 3.62. The van der Waals surface area contributed by atoms with E-state index in [1.54, 1.807) is 13.0 Å². The molecule has 0 fully saturated rings. The van der Waals surface area contributed by atoms with Gasteiger partial charge in [-0.05, 0) is 26.3 Å². The van der Waals surface area contributed by atoms with Gasteiger partial charge >= 0.3 is 5.97 Å². The molecule has 0 aromatic rings. The monoisotopic (exact) mass is 313 g/mol. The van der Waals surface area contributed by atoms with Crippen molar-refractivity contribution in [1.82, 2.24) is 4.90 Å². The molecule has 0 spiro atoms. The highest BCUT2D eigenvalue weighted by atomic mass is 16.5. The molecule has 0 radical (unpaired) electrons. The summed E-state index contributed by atoms with van der Waals surface area (Å²) in [6, 6.07) is 0. The van der Waals surface area contributed by atoms with Crippen molar-refractivity contribution in [1.29, 1.82) is 0 Å². The summed E-state index contributed by atoms with van der Waals surface area (Å²) >= 11 is 0. The zero-order chi connectivity index (χ0) is 16.6. The molecule has 0 aromatic carbocycles. The Labute approximate surface area is 136 Å². The minimum atomic E-state index is -0.292. The third-order valence-electron chi connectivity index (χ3n) is 3.62. The molecular weight excluding hydrogens is 278 g/mol. The fourth-order valence-corrected chi connectivity index (χ4v) is 2.42. The first-order valence-electron chi connectivity index (χ1n) is 8.83. The van der Waals surface area contributed by atoms with Crippen molar-refractivity contribution in [3.8, 4) is 0 Å². The lowest BCUT2D eigenvalue weighted by Gasteiger charge is -2.24. The Hall–Kier alpha value is -0.870. The first-order chi connectivity index (χ1) is 10.6. The van der Waals surface area contributed by atoms with Crippen molar-refractivity contribution in [3.63, 3.8) is 0 Å². The Balaban J connectivity index is 4.06. The number of aliphatic hydroxyl groups is 1. The molecule has 130 valence electrons. The highest BCUT2D eigenvalue weighted by molar-refractivity contribution is 5.81. The van der Waals surface area contributed by atoms with Gasteiger partial charge in [0.15, 0.2) is 0 Å². The Morgan fingerprint density at radius 1 is 1.14 bits per heavy atom. The number of esters is 1. The molecule has 0 rings (SSSR count). The predicted molar refractivity (Wildman–Crippen MR) is 91.9 cm³/mol. The Morgan fingerprint density at radius 3 is 2.50 bits per heavy atom. The molecule has 0 amide bonds. The van der Waals surface area contributed by atoms with Gasteiger partial charge in [0.1, 0.15) is 6.61 Å². The molecule has 4 heteroatoms. The highest BCUT2D eigenvalue weighted by Crippen LogP contribution is 2.06. The molecule has 0 aliphatic heterocycles. The van der Waals surface area contributed by atoms with E-state index in [0.29, 0.717) is 19.7 Å². The van der Waals surface area contributed by atoms with Gasteiger partial charge in [-0.1, -0.05) is 52.0 Å². The second kappa shape index (κ2) is 15.0. The summed E-state index contributed by atoms with van der Waals surface area (Å²) in [6.45, 7) is 8.80. The summed E-state index contributed by atoms with van der Waals surface area (Å²) in [5.74, 6) is -0.292. The zero-order valence-electron chi connectivity index (χ0n) is 14.7. The molecule has 0 saturated carbocycles. The van der Waals surface area contributed by atoms with Crippen LogP contribution in [0.4, 0.5) is 0 Å². The number of aliphatic hydroxyl groups excluding tert-OH is 1. The van der Waals surface area contributed by atoms with Gasteiger partial charge in [0, 0.05) is 19.2 Å². The van der Waals surface area contributed by atoms with E-state index in [2.05, 4.69) is 18.7 Å². The average molecular weight is 313 g/mol. The fourth-order valence-electron chi connectivity index (χ4n) is 2.42. The van der Waals surface area contributed by atoms with Crippen LogP contribution in [0.3, 0.4) is 0 Å². The smallest absolute Gasteiger partial charge is 0.330 e. The average Bonchev–Trinajstić information content (AvgIpc) is 2.47. The van der Waals surface area contributed by atoms with Gasteiger partial charge in [-0.15, -0.1) is 0 Å². The van der Waals surface area contributed by atoms with Crippen LogP contribution < -0.4 is 0 Å². The van der Waals surface area contributed by atoms with Crippen molar-refractivity contribution in [2.24, 2.45) is 0 Å². The van der Waals surface area contributed by atoms with E-state index >= 15 is 0 Å². The minimum Gasteiger partial charge on any atom is -0.461 e. The van der Waals surface area contributed by atoms with Crippen LogP contribution in [0.1, 0.15) is 65.7 Å². The summed E-state index contributed by atoms with van der Waals surface area (Å²) < 4.78 is 5.15. The van der Waals surface area contributed by atoms with Gasteiger partial charge in [0.25, 0.3) is 0 Å². The molecule has 0 heterocycles. The van der Waals surface area contributed by atoms with Crippen molar-refractivity contribution in [3.05, 3.63) is 12.2 Å². The summed E-state index contributed by atoms with van der Waals surface area (Å²) in [6.07, 6.45) is 10.8. The number of rotatable bonds is 14. The second-order valence-corrected chi connectivity index (χ2v) is 5.82. The van der Waals surface area contributed by atoms with Crippen molar-refractivity contribution in [2.45, 2.75) is 71.8 Å². The normalized spacial score (nSPS) is 13.0. The minimum absolute atomic E-state index is 0.285. The highest BCUT2D eigenvalue weighted by Gasteiger charge is 2.11. The van der Waals surface area contributed by atoms with Gasteiger partial charge in [0.2, 0.25) is 0 Å². The van der Waals surface area contributed by atoms with Crippen LogP contribution in [0.5, 0.6) is 0 Å². The number of unbranched alkanes of at least 4 members (excludes halogenated alkanes) is 4. The molecule has 0 saturated heterocycles. The maximum atomic E-state index is 11.3. The third kappa shape index (κ3) is 12.8. The fraction of sp³-hybridized carbons (Fsp3) is 0.833. The van der Waals surface area contributed by atoms with Crippen LogP contribution in [0.2, 0.25) is 0 Å². The topological polar surface area (TPSA) is 49.8 Å². The molecule has 0 aromatic heterocycles. The van der Waals surface area contributed by atoms with Gasteiger partial charge in [0.05, 0.1) is 6.10 Å². The number of carbonyl (C=O) groups excluding carboxylic acids is 1. The lowest BCUT2D eigenvalue weighted by atomic mass is 10.1. The molecule has 1 N–H and O–H groups in total. The van der Waals surface area contributed by atoms with Crippen LogP contribution in [0.25, 0.3) is 0 Å². The number of allylic oxidation sites excluding steroid dienone is 1. The van der Waals surface area contributed by atoms with E-state index in [0.717, 1.165) is 25.8 Å². The largest absolute Gasteiger partial charge is 0.461 e. The molecule has 1 unspecified atom stereocenters. The Bertz CT molecular complexity index is 292. The quantitative estimate of drug-likeness (QED) is 0.303. The number of ether oxygens (including phenoxy) is 1. The first-order valence-corrected chi connectivity index (χ1v) is 8.83. The Morgan fingerprint density at radius 2 is 1.86 bits per heavy atom. The number of carbonyl (C=O) groups is 1. The van der Waals surface area contributed by atoms with Crippen molar-refractivity contribution < 1.29 is 14.6 Å². The van der Waals surface area contributed by atoms with E-state index in [1.807, 2.05) is 0 Å². The summed E-state index contributed by atoms with van der Waals surface area (Å²) in [7, 11) is 0. The summed E-state index contributed by atoms with van der Waals surface area (Å²) in [5.41, 5.74) is 0. The number of hydrogen-bond acceptors (Lipinski definition) is 4. The van der Waals surface area contributed by atoms with Gasteiger partial charge < -0.3 is 9.84 Å². The molecular formula is C18H35NO3. The molecule has 4 nitrogen and oxygen atoms in total. The summed E-state index contributed by atoms with van der Waals surface area (Å²) in [5, 5.41) is 9.99. The van der Waals surface area contributed by atoms with Crippen molar-refractivity contribution in [2.75, 3.05) is 26.2 Å². The molecule has 0 aliphatic rings. The van der Waals surface area contributed by atoms with Gasteiger partial charge in [-0.25, -0.2) is 4.79 Å². The maximum absolute atomic E-state index is 11.3. The predicted octanol–water partition coefficient (Wildman–Crippen LogP) is 3.54. The zero-order valence-corrected chi connectivity index (χ0v) is 14.7. The van der Waals surface area contributed by atoms with Crippen LogP contribution >= 0.6 is 0 Å². The van der Waals surface area contributed by atoms with Crippen LogP contribution in [0, 0.1) is 0 Å². The maximum Gasteiger partial charge on any atom is 0.330 e. The van der Waals surface area contributed by atoms with E-state index < -0.39 is 0 Å². The van der Waals surface area contributed by atoms with E-state index in [9.17, 15) is 9.90 Å². The van der Waals surface area contributed by atoms with Crippen LogP contribution in [-0.2, 0) is 9.53 Å². The molecule has 22 heavy (non-hydrogen) atoms. The summed E-state index contributed by atoms with van der Waals surface area (Å²) in [4.78, 5) is 13.5. The SMILES string of the molecule is C/C=C/C(=O)OCCN(CCCCCCC)CC(O)CCC. The van der Waals surface area contributed by atoms with E-state index in [1.165, 1.54) is 31.8 Å². The molecule has 1 atom stereocenters. The first kappa shape index (κ1) is 21.1. The number of hydrogen-bond donors (Lipinski definition) is 1. The number of nitrogens with zero attached hydrogens (tertiary/aromatic N) is 1. The lowest BCUT2D eigenvalue weighted by Crippen LogP contribution is -2.36. The van der Waals surface area contributed by atoms with E-state index in [-0.39, 0.29) is 12.1 Å². The molecule has 0 aliphatic carbocycles. The van der Waals surface area contributed by atoms with Crippen LogP contribution in [-0.4, -0.2) is 48.3 Å². The molecule has 0 bridgehead atoms. The Kier molecular flexibility index (Phi) is 14.4. The second-order valence-electron chi connectivity index (χ2n) is 5.82.